The quantitative estimate of drug-likeness (QED) is 0.273. The maximum absolute atomic E-state index is 12.6. The number of carbonyl (C=O) groups is 1. The lowest BCUT2D eigenvalue weighted by atomic mass is 10.2. The fraction of sp³-hybridized carbons (Fsp3) is 0.100. The van der Waals surface area contributed by atoms with Gasteiger partial charge in [-0.1, -0.05) is 18.2 Å². The largest absolute Gasteiger partial charge is 0.508 e. The number of hydrogen-bond acceptors (Lipinski definition) is 7. The van der Waals surface area contributed by atoms with Gasteiger partial charge >= 0.3 is 5.69 Å². The molecule has 10 heteroatoms. The molecule has 4 N–H and O–H groups in total. The van der Waals surface area contributed by atoms with Crippen molar-refractivity contribution < 1.29 is 14.6 Å². The molecule has 0 aliphatic heterocycles. The van der Waals surface area contributed by atoms with E-state index in [2.05, 4.69) is 25.6 Å². The molecule has 0 spiro atoms. The number of hydrogen-bond donors (Lipinski definition) is 4. The van der Waals surface area contributed by atoms with E-state index in [1.807, 2.05) is 18.2 Å². The zero-order chi connectivity index (χ0) is 21.1. The van der Waals surface area contributed by atoms with E-state index in [1.54, 1.807) is 25.3 Å². The van der Waals surface area contributed by atoms with Crippen LogP contribution in [0, 0.1) is 0 Å². The number of aromatic nitrogens is 4. The number of anilines is 3. The molecule has 10 nitrogen and oxygen atoms in total. The summed E-state index contributed by atoms with van der Waals surface area (Å²) in [7, 11) is 1.56. The third kappa shape index (κ3) is 3.65. The maximum Gasteiger partial charge on any atom is 0.328 e. The maximum atomic E-state index is 12.6. The molecule has 0 aliphatic rings. The summed E-state index contributed by atoms with van der Waals surface area (Å²) in [4.78, 5) is 35.1. The highest BCUT2D eigenvalue weighted by Gasteiger charge is 2.17. The molecule has 2 aromatic heterocycles. The first-order chi connectivity index (χ1) is 14.6. The van der Waals surface area contributed by atoms with Gasteiger partial charge < -0.3 is 25.5 Å². The Labute approximate surface area is 170 Å². The summed E-state index contributed by atoms with van der Waals surface area (Å²) in [6, 6.07) is 13.7. The van der Waals surface area contributed by atoms with Crippen LogP contribution in [0.3, 0.4) is 0 Å². The van der Waals surface area contributed by atoms with Crippen LogP contribution in [0.2, 0.25) is 0 Å². The van der Waals surface area contributed by atoms with Crippen LogP contribution >= 0.6 is 0 Å². The number of benzene rings is 2. The van der Waals surface area contributed by atoms with E-state index in [1.165, 1.54) is 16.7 Å². The van der Waals surface area contributed by atoms with Gasteiger partial charge in [0.2, 0.25) is 12.4 Å². The highest BCUT2D eigenvalue weighted by molar-refractivity contribution is 5.89. The Kier molecular flexibility index (Phi) is 5.04. The number of nitrogens with one attached hydrogen (secondary N) is 3. The van der Waals surface area contributed by atoms with Crippen LogP contribution in [0.4, 0.5) is 17.5 Å². The number of fused-ring (bicyclic) bond motifs is 1. The van der Waals surface area contributed by atoms with Crippen molar-refractivity contribution in [2.24, 2.45) is 0 Å². The topological polar surface area (TPSA) is 134 Å². The van der Waals surface area contributed by atoms with Crippen LogP contribution in [0.15, 0.2) is 53.3 Å². The van der Waals surface area contributed by atoms with Crippen LogP contribution in [0.25, 0.3) is 11.2 Å². The molecule has 1 amide bonds. The number of ether oxygens (including phenoxy) is 1. The molecule has 30 heavy (non-hydrogen) atoms. The predicted molar refractivity (Wildman–Crippen MR) is 111 cm³/mol. The van der Waals surface area contributed by atoms with Gasteiger partial charge in [0.15, 0.2) is 11.5 Å². The predicted octanol–water partition coefficient (Wildman–Crippen LogP) is 2.19. The van der Waals surface area contributed by atoms with Crippen molar-refractivity contribution in [1.82, 2.24) is 19.5 Å². The summed E-state index contributed by atoms with van der Waals surface area (Å²) in [5.74, 6) is 1.09. The molecule has 2 heterocycles. The number of methoxy groups -OCH3 is 1. The minimum absolute atomic E-state index is 0.122. The first-order valence-corrected chi connectivity index (χ1v) is 8.97. The normalized spacial score (nSPS) is 10.7. The average molecular weight is 406 g/mol. The van der Waals surface area contributed by atoms with Crippen molar-refractivity contribution in [2.75, 3.05) is 17.7 Å². The summed E-state index contributed by atoms with van der Waals surface area (Å²) in [6.45, 7) is 0.207. The van der Waals surface area contributed by atoms with E-state index in [0.717, 1.165) is 5.56 Å². The van der Waals surface area contributed by atoms with Gasteiger partial charge in [0.25, 0.3) is 0 Å². The number of aromatic amines is 1. The standard InChI is InChI=1S/C20H18N6O4/c1-30-15-5-3-2-4-12(15)10-26-18-16(23-20(26)29)17(21-11-27)24-19(25-18)22-13-6-8-14(28)9-7-13/h2-9,11,28H,10H2,1H3,(H,23,29)(H2,21,22,24,25,27). The van der Waals surface area contributed by atoms with Crippen LogP contribution in [0.1, 0.15) is 5.56 Å². The number of carbonyl (C=O) groups excluding carboxylic acids is 1. The van der Waals surface area contributed by atoms with Crippen molar-refractivity contribution in [2.45, 2.75) is 6.54 Å². The van der Waals surface area contributed by atoms with Gasteiger partial charge in [0.1, 0.15) is 17.0 Å². The number of imidazole rings is 1. The van der Waals surface area contributed by atoms with E-state index in [9.17, 15) is 14.7 Å². The van der Waals surface area contributed by atoms with Crippen molar-refractivity contribution in [3.05, 3.63) is 64.6 Å². The number of phenolic OH excluding ortho intramolecular Hbond substituents is 1. The second-order valence-corrected chi connectivity index (χ2v) is 6.36. The minimum atomic E-state index is -0.402. The molecule has 152 valence electrons. The van der Waals surface area contributed by atoms with Crippen molar-refractivity contribution in [3.63, 3.8) is 0 Å². The van der Waals surface area contributed by atoms with Crippen molar-refractivity contribution in [3.8, 4) is 11.5 Å². The third-order valence-electron chi connectivity index (χ3n) is 4.46. The molecule has 0 saturated carbocycles. The lowest BCUT2D eigenvalue weighted by Crippen LogP contribution is -2.18. The van der Waals surface area contributed by atoms with Gasteiger partial charge in [-0.25, -0.2) is 4.79 Å². The molecule has 4 aromatic rings. The van der Waals surface area contributed by atoms with E-state index in [0.29, 0.717) is 29.0 Å². The molecule has 0 fully saturated rings. The zero-order valence-electron chi connectivity index (χ0n) is 15.9. The number of para-hydroxylation sites is 1. The molecule has 0 saturated heterocycles. The molecule has 0 unspecified atom stereocenters. The molecule has 0 bridgehead atoms. The van der Waals surface area contributed by atoms with Gasteiger partial charge in [-0.2, -0.15) is 9.97 Å². The highest BCUT2D eigenvalue weighted by Crippen LogP contribution is 2.24. The van der Waals surface area contributed by atoms with Crippen LogP contribution < -0.4 is 21.1 Å². The fourth-order valence-corrected chi connectivity index (χ4v) is 3.07. The average Bonchev–Trinajstić information content (AvgIpc) is 3.06. The molecular weight excluding hydrogens is 388 g/mol. The zero-order valence-corrected chi connectivity index (χ0v) is 15.9. The van der Waals surface area contributed by atoms with Gasteiger partial charge in [-0.15, -0.1) is 0 Å². The first kappa shape index (κ1) is 19.0. The van der Waals surface area contributed by atoms with Gasteiger partial charge in [0.05, 0.1) is 13.7 Å². The molecule has 2 aromatic carbocycles. The first-order valence-electron chi connectivity index (χ1n) is 8.97. The Morgan fingerprint density at radius 3 is 2.67 bits per heavy atom. The van der Waals surface area contributed by atoms with Crippen molar-refractivity contribution in [1.29, 1.82) is 0 Å². The second kappa shape index (κ2) is 7.95. The Morgan fingerprint density at radius 1 is 1.17 bits per heavy atom. The molecule has 0 aliphatic carbocycles. The molecule has 0 atom stereocenters. The smallest absolute Gasteiger partial charge is 0.328 e. The molecule has 4 rings (SSSR count). The second-order valence-electron chi connectivity index (χ2n) is 6.36. The van der Waals surface area contributed by atoms with Crippen LogP contribution in [-0.4, -0.2) is 38.1 Å². The molecule has 0 radical (unpaired) electrons. The number of amides is 1. The summed E-state index contributed by atoms with van der Waals surface area (Å²) in [5, 5.41) is 14.9. The number of rotatable bonds is 7. The van der Waals surface area contributed by atoms with E-state index >= 15 is 0 Å². The fourth-order valence-electron chi connectivity index (χ4n) is 3.07. The Balaban J connectivity index is 1.81. The number of H-pyrrole nitrogens is 1. The number of nitrogens with zero attached hydrogens (tertiary/aromatic N) is 3. The van der Waals surface area contributed by atoms with E-state index < -0.39 is 5.69 Å². The minimum Gasteiger partial charge on any atom is -0.508 e. The van der Waals surface area contributed by atoms with Crippen LogP contribution in [-0.2, 0) is 11.3 Å². The Hall–Kier alpha value is -4.34. The van der Waals surface area contributed by atoms with Crippen LogP contribution in [0.5, 0.6) is 11.5 Å². The van der Waals surface area contributed by atoms with E-state index in [-0.39, 0.29) is 24.1 Å². The van der Waals surface area contributed by atoms with Crippen molar-refractivity contribution >= 4 is 35.0 Å². The van der Waals surface area contributed by atoms with E-state index in [4.69, 9.17) is 4.74 Å². The Morgan fingerprint density at radius 2 is 1.93 bits per heavy atom. The van der Waals surface area contributed by atoms with Gasteiger partial charge in [-0.05, 0) is 30.3 Å². The number of aromatic hydroxyl groups is 1. The van der Waals surface area contributed by atoms with Gasteiger partial charge in [0, 0.05) is 11.3 Å². The Bertz CT molecular complexity index is 1260. The van der Waals surface area contributed by atoms with Gasteiger partial charge in [-0.3, -0.25) is 9.36 Å². The summed E-state index contributed by atoms with van der Waals surface area (Å²) >= 11 is 0. The number of phenols is 1. The lowest BCUT2D eigenvalue weighted by molar-refractivity contribution is -0.105. The highest BCUT2D eigenvalue weighted by atomic mass is 16.5. The summed E-state index contributed by atoms with van der Waals surface area (Å²) in [6.07, 6.45) is 0.474. The summed E-state index contributed by atoms with van der Waals surface area (Å²) < 4.78 is 6.81. The summed E-state index contributed by atoms with van der Waals surface area (Å²) in [5.41, 5.74) is 1.63. The molecular formula is C20H18N6O4. The monoisotopic (exact) mass is 406 g/mol. The third-order valence-corrected chi connectivity index (χ3v) is 4.46. The lowest BCUT2D eigenvalue weighted by Gasteiger charge is -2.10. The SMILES string of the molecule is COc1ccccc1Cn1c(=O)[nH]c2c(NC=O)nc(Nc3ccc(O)cc3)nc21.